The highest BCUT2D eigenvalue weighted by Crippen LogP contribution is 2.40. The van der Waals surface area contributed by atoms with Crippen molar-refractivity contribution in [3.63, 3.8) is 0 Å². The van der Waals surface area contributed by atoms with Crippen molar-refractivity contribution in [2.45, 2.75) is 11.8 Å². The van der Waals surface area contributed by atoms with Crippen LogP contribution in [0.25, 0.3) is 0 Å². The van der Waals surface area contributed by atoms with Gasteiger partial charge >= 0.3 is 11.9 Å². The third kappa shape index (κ3) is 2.33. The molecule has 3 rings (SSSR count). The van der Waals surface area contributed by atoms with Crippen LogP contribution in [0.15, 0.2) is 36.1 Å². The molecule has 2 atom stereocenters. The Morgan fingerprint density at radius 3 is 2.77 bits per heavy atom. The van der Waals surface area contributed by atoms with Gasteiger partial charge in [-0.15, -0.1) is 0 Å². The summed E-state index contributed by atoms with van der Waals surface area (Å²) in [7, 11) is 1.40. The van der Waals surface area contributed by atoms with Crippen molar-refractivity contribution in [3.05, 3.63) is 46.7 Å². The molecular formula is C14H12ClNO6. The van der Waals surface area contributed by atoms with Crippen LogP contribution in [0.3, 0.4) is 0 Å². The number of hydrogen-bond donors (Lipinski definition) is 1. The van der Waals surface area contributed by atoms with Gasteiger partial charge in [0, 0.05) is 10.6 Å². The number of carbonyl (C=O) groups is 2. The summed E-state index contributed by atoms with van der Waals surface area (Å²) >= 11 is 6.23. The highest BCUT2D eigenvalue weighted by atomic mass is 35.5. The van der Waals surface area contributed by atoms with Crippen molar-refractivity contribution in [2.24, 2.45) is 0 Å². The topological polar surface area (TPSA) is 83.1 Å². The van der Waals surface area contributed by atoms with Crippen LogP contribution in [0.1, 0.15) is 5.56 Å². The molecule has 0 bridgehead atoms. The Morgan fingerprint density at radius 1 is 1.36 bits per heavy atom. The molecule has 7 nitrogen and oxygen atoms in total. The lowest BCUT2D eigenvalue weighted by molar-refractivity contribution is -0.378. The number of nitrogens with one attached hydrogen (secondary N) is 1. The third-order valence-electron chi connectivity index (χ3n) is 3.39. The van der Waals surface area contributed by atoms with Crippen LogP contribution >= 0.6 is 11.6 Å². The molecule has 2 heterocycles. The van der Waals surface area contributed by atoms with Gasteiger partial charge in [0.1, 0.15) is 12.3 Å². The second-order valence-corrected chi connectivity index (χ2v) is 5.08. The number of esters is 1. The van der Waals surface area contributed by atoms with Crippen LogP contribution < -0.4 is 5.32 Å². The first-order valence-corrected chi connectivity index (χ1v) is 6.79. The fourth-order valence-electron chi connectivity index (χ4n) is 2.40. The maximum Gasteiger partial charge on any atom is 0.356 e. The molecule has 2 unspecified atom stereocenters. The Morgan fingerprint density at radius 2 is 2.14 bits per heavy atom. The fraction of sp³-hybridized carbons (Fsp3) is 0.286. The van der Waals surface area contributed by atoms with E-state index in [2.05, 4.69) is 5.32 Å². The number of benzene rings is 1. The lowest BCUT2D eigenvalue weighted by atomic mass is 9.95. The minimum Gasteiger partial charge on any atom is -0.497 e. The van der Waals surface area contributed by atoms with Crippen LogP contribution in [0.5, 0.6) is 0 Å². The summed E-state index contributed by atoms with van der Waals surface area (Å²) in [5, 5.41) is 3.24. The largest absolute Gasteiger partial charge is 0.497 e. The van der Waals surface area contributed by atoms with E-state index in [1.807, 2.05) is 0 Å². The normalized spacial score (nSPS) is 27.9. The smallest absolute Gasteiger partial charge is 0.356 e. The number of hydrogen-bond acceptors (Lipinski definition) is 7. The molecule has 22 heavy (non-hydrogen) atoms. The zero-order valence-electron chi connectivity index (χ0n) is 11.5. The number of methoxy groups -OCH3 is 1. The Labute approximate surface area is 130 Å². The van der Waals surface area contributed by atoms with E-state index in [1.54, 1.807) is 24.3 Å². The molecule has 0 amide bonds. The summed E-state index contributed by atoms with van der Waals surface area (Å²) in [6.07, 6.45) is 0.211. The van der Waals surface area contributed by atoms with Crippen LogP contribution in [-0.2, 0) is 34.6 Å². The minimum atomic E-state index is -1.49. The van der Waals surface area contributed by atoms with E-state index in [-0.39, 0.29) is 12.3 Å². The van der Waals surface area contributed by atoms with E-state index < -0.39 is 23.8 Å². The van der Waals surface area contributed by atoms with E-state index in [1.165, 1.54) is 13.2 Å². The predicted octanol–water partition coefficient (Wildman–Crippen LogP) is 1.03. The van der Waals surface area contributed by atoms with Crippen LogP contribution in [0.4, 0.5) is 0 Å². The zero-order valence-corrected chi connectivity index (χ0v) is 12.3. The van der Waals surface area contributed by atoms with Gasteiger partial charge in [-0.1, -0.05) is 29.8 Å². The number of rotatable bonds is 3. The number of halogens is 1. The molecule has 1 fully saturated rings. The summed E-state index contributed by atoms with van der Waals surface area (Å²) < 4.78 is 10.4. The molecule has 1 aromatic rings. The van der Waals surface area contributed by atoms with Crippen LogP contribution in [0, 0.1) is 0 Å². The zero-order chi connectivity index (χ0) is 15.7. The summed E-state index contributed by atoms with van der Waals surface area (Å²) in [5.74, 6) is -0.958. The molecule has 0 aromatic heterocycles. The van der Waals surface area contributed by atoms with Crippen LogP contribution in [0.2, 0.25) is 5.02 Å². The summed E-state index contributed by atoms with van der Waals surface area (Å²) in [5.41, 5.74) is -1.04. The van der Waals surface area contributed by atoms with Crippen molar-refractivity contribution in [1.29, 1.82) is 0 Å². The lowest BCUT2D eigenvalue weighted by Gasteiger charge is -2.39. The van der Waals surface area contributed by atoms with Crippen molar-refractivity contribution < 1.29 is 28.8 Å². The first kappa shape index (κ1) is 14.8. The van der Waals surface area contributed by atoms with Crippen molar-refractivity contribution >= 4 is 23.5 Å². The second-order valence-electron chi connectivity index (χ2n) is 4.68. The highest BCUT2D eigenvalue weighted by Gasteiger charge is 2.54. The molecule has 0 aliphatic carbocycles. The van der Waals surface area contributed by atoms with Crippen molar-refractivity contribution in [2.75, 3.05) is 13.7 Å². The number of ether oxygens (including phenoxy) is 2. The molecule has 0 spiro atoms. The van der Waals surface area contributed by atoms with Gasteiger partial charge in [-0.3, -0.25) is 10.2 Å². The molecule has 116 valence electrons. The quantitative estimate of drug-likeness (QED) is 0.656. The molecule has 1 aromatic carbocycles. The monoisotopic (exact) mass is 325 g/mol. The first-order chi connectivity index (χ1) is 10.6. The summed E-state index contributed by atoms with van der Waals surface area (Å²) in [4.78, 5) is 32.9. The van der Waals surface area contributed by atoms with Crippen molar-refractivity contribution in [3.8, 4) is 0 Å². The SMILES string of the molecule is COC1=CC(=O)OC1C1(c2ccccc2Cl)NCC(=O)OO1. The lowest BCUT2D eigenvalue weighted by Crippen LogP contribution is -2.59. The Balaban J connectivity index is 2.09. The maximum absolute atomic E-state index is 11.6. The van der Waals surface area contributed by atoms with Gasteiger partial charge in [0.25, 0.3) is 0 Å². The van der Waals surface area contributed by atoms with Gasteiger partial charge in [-0.05, 0) is 6.07 Å². The third-order valence-corrected chi connectivity index (χ3v) is 3.72. The Bertz CT molecular complexity index is 648. The average Bonchev–Trinajstić information content (AvgIpc) is 2.91. The number of carbonyl (C=O) groups excluding carboxylic acids is 2. The summed E-state index contributed by atoms with van der Waals surface area (Å²) in [6, 6.07) is 6.79. The van der Waals surface area contributed by atoms with E-state index in [9.17, 15) is 9.59 Å². The van der Waals surface area contributed by atoms with Crippen LogP contribution in [-0.4, -0.2) is 31.7 Å². The van der Waals surface area contributed by atoms with E-state index >= 15 is 0 Å². The molecule has 8 heteroatoms. The molecule has 2 aliphatic rings. The summed E-state index contributed by atoms with van der Waals surface area (Å²) in [6.45, 7) is -0.143. The van der Waals surface area contributed by atoms with E-state index in [0.717, 1.165) is 0 Å². The molecule has 2 aliphatic heterocycles. The molecule has 0 saturated carbocycles. The predicted molar refractivity (Wildman–Crippen MR) is 73.3 cm³/mol. The minimum absolute atomic E-state index is 0.143. The van der Waals surface area contributed by atoms with Gasteiger partial charge in [0.15, 0.2) is 0 Å². The van der Waals surface area contributed by atoms with Crippen molar-refractivity contribution in [1.82, 2.24) is 5.32 Å². The molecular weight excluding hydrogens is 314 g/mol. The standard InChI is InChI=1S/C14H12ClNO6/c1-19-10-6-11(17)20-13(10)14(16-7-12(18)21-22-14)8-4-2-3-5-9(8)15/h2-6,13,16H,7H2,1H3. The number of cyclic esters (lactones) is 1. The molecule has 1 N–H and O–H groups in total. The van der Waals surface area contributed by atoms with E-state index in [0.29, 0.717) is 10.6 Å². The fourth-order valence-corrected chi connectivity index (χ4v) is 2.68. The highest BCUT2D eigenvalue weighted by molar-refractivity contribution is 6.31. The maximum atomic E-state index is 11.6. The first-order valence-electron chi connectivity index (χ1n) is 6.41. The van der Waals surface area contributed by atoms with Gasteiger partial charge in [0.2, 0.25) is 11.8 Å². The molecule has 1 saturated heterocycles. The van der Waals surface area contributed by atoms with Gasteiger partial charge < -0.3 is 9.47 Å². The van der Waals surface area contributed by atoms with Gasteiger partial charge in [0.05, 0.1) is 13.2 Å². The molecule has 0 radical (unpaired) electrons. The average molecular weight is 326 g/mol. The van der Waals surface area contributed by atoms with Gasteiger partial charge in [-0.2, -0.15) is 4.89 Å². The van der Waals surface area contributed by atoms with E-state index in [4.69, 9.17) is 30.8 Å². The Hall–Kier alpha value is -2.09. The second kappa shape index (κ2) is 5.60. The van der Waals surface area contributed by atoms with Gasteiger partial charge in [-0.25, -0.2) is 9.59 Å². The Kier molecular flexibility index (Phi) is 3.78.